The lowest BCUT2D eigenvalue weighted by Crippen LogP contribution is -2.44. The molecule has 0 fully saturated rings. The summed E-state index contributed by atoms with van der Waals surface area (Å²) in [4.78, 5) is 29.9. The number of carbonyl (C=O) groups is 2. The van der Waals surface area contributed by atoms with E-state index in [1.54, 1.807) is 12.1 Å². The maximum absolute atomic E-state index is 14.5. The number of amides is 1. The number of benzene rings is 5. The topological polar surface area (TPSA) is 46.6 Å². The van der Waals surface area contributed by atoms with Gasteiger partial charge in [0.25, 0.3) is 5.91 Å². The molecule has 0 radical (unpaired) electrons. The molecule has 1 amide bonds. The second-order valence-electron chi connectivity index (χ2n) is 10.0. The summed E-state index contributed by atoms with van der Waals surface area (Å²) in [6.07, 6.45) is 1.94. The molecule has 4 nitrogen and oxygen atoms in total. The Kier molecular flexibility index (Phi) is 7.55. The van der Waals surface area contributed by atoms with Gasteiger partial charge in [-0.05, 0) is 47.0 Å². The van der Waals surface area contributed by atoms with Gasteiger partial charge in [0.2, 0.25) is 0 Å². The van der Waals surface area contributed by atoms with E-state index >= 15 is 0 Å². The fraction of sp³-hybridized carbons (Fsp3) is 0.0811. The third kappa shape index (κ3) is 5.45. The maximum atomic E-state index is 14.5. The van der Waals surface area contributed by atoms with Crippen LogP contribution in [0.4, 0.5) is 0 Å². The van der Waals surface area contributed by atoms with Gasteiger partial charge in [0.1, 0.15) is 5.76 Å². The highest BCUT2D eigenvalue weighted by atomic mass is 16.5. The quantitative estimate of drug-likeness (QED) is 0.206. The zero-order chi connectivity index (χ0) is 28.0. The monoisotopic (exact) mass is 535 g/mol. The summed E-state index contributed by atoms with van der Waals surface area (Å²) >= 11 is 0. The van der Waals surface area contributed by atoms with E-state index < -0.39 is 24.0 Å². The largest absolute Gasteiger partial charge is 0.427 e. The normalized spacial score (nSPS) is 18.3. The number of carbonyl (C=O) groups excluding carboxylic acids is 2. The smallest absolute Gasteiger partial charge is 0.343 e. The summed E-state index contributed by atoms with van der Waals surface area (Å²) in [5.74, 6) is -0.443. The Labute approximate surface area is 240 Å². The van der Waals surface area contributed by atoms with Crippen molar-refractivity contribution in [3.8, 4) is 0 Å². The number of esters is 1. The van der Waals surface area contributed by atoms with E-state index in [0.717, 1.165) is 16.7 Å². The van der Waals surface area contributed by atoms with Crippen LogP contribution < -0.4 is 0 Å². The van der Waals surface area contributed by atoms with Crippen LogP contribution in [0.25, 0.3) is 0 Å². The van der Waals surface area contributed by atoms with Gasteiger partial charge in [-0.15, -0.1) is 0 Å². The predicted molar refractivity (Wildman–Crippen MR) is 160 cm³/mol. The molecule has 6 rings (SSSR count). The zero-order valence-corrected chi connectivity index (χ0v) is 22.4. The second kappa shape index (κ2) is 11.9. The Morgan fingerprint density at radius 2 is 0.951 bits per heavy atom. The van der Waals surface area contributed by atoms with Crippen LogP contribution in [-0.2, 0) is 4.74 Å². The molecule has 0 aromatic heterocycles. The molecule has 0 saturated heterocycles. The predicted octanol–water partition coefficient (Wildman–Crippen LogP) is 8.15. The first kappa shape index (κ1) is 26.0. The van der Waals surface area contributed by atoms with E-state index in [4.69, 9.17) is 4.74 Å². The lowest BCUT2D eigenvalue weighted by molar-refractivity contribution is 0.0428. The minimum absolute atomic E-state index is 0.0982. The molecule has 0 spiro atoms. The SMILES string of the molecule is O=C(OC1=C[C@H](c2ccccc2)N(C(=O)c2ccccc2)[C@@H](c2ccccc2)[C@H]1c1ccccc1)c1ccccc1. The molecule has 0 aliphatic carbocycles. The van der Waals surface area contributed by atoms with E-state index in [2.05, 4.69) is 0 Å². The van der Waals surface area contributed by atoms with Gasteiger partial charge in [0.05, 0.1) is 23.6 Å². The first-order chi connectivity index (χ1) is 20.2. The van der Waals surface area contributed by atoms with Crippen LogP contribution in [0.3, 0.4) is 0 Å². The second-order valence-corrected chi connectivity index (χ2v) is 10.0. The number of rotatable bonds is 6. The molecule has 200 valence electrons. The molecule has 0 unspecified atom stereocenters. The molecule has 4 heteroatoms. The van der Waals surface area contributed by atoms with Crippen LogP contribution in [0.15, 0.2) is 163 Å². The number of hydrogen-bond donors (Lipinski definition) is 0. The summed E-state index contributed by atoms with van der Waals surface area (Å²) in [6, 6.07) is 47.3. The van der Waals surface area contributed by atoms with Crippen LogP contribution in [-0.4, -0.2) is 16.8 Å². The minimum atomic E-state index is -0.479. The summed E-state index contributed by atoms with van der Waals surface area (Å²) in [5, 5.41) is 0. The molecule has 3 atom stereocenters. The number of nitrogens with zero attached hydrogens (tertiary/aromatic N) is 1. The highest BCUT2D eigenvalue weighted by Crippen LogP contribution is 2.50. The molecular weight excluding hydrogens is 506 g/mol. The van der Waals surface area contributed by atoms with Crippen LogP contribution in [0, 0.1) is 0 Å². The molecule has 0 saturated carbocycles. The first-order valence-electron chi connectivity index (χ1n) is 13.7. The molecule has 1 aliphatic heterocycles. The third-order valence-electron chi connectivity index (χ3n) is 7.46. The number of ether oxygens (including phenoxy) is 1. The van der Waals surface area contributed by atoms with Gasteiger partial charge >= 0.3 is 5.97 Å². The summed E-state index contributed by atoms with van der Waals surface area (Å²) in [7, 11) is 0. The average Bonchev–Trinajstić information content (AvgIpc) is 3.06. The van der Waals surface area contributed by atoms with Gasteiger partial charge in [0.15, 0.2) is 0 Å². The highest BCUT2D eigenvalue weighted by molar-refractivity contribution is 5.95. The van der Waals surface area contributed by atoms with Crippen molar-refractivity contribution >= 4 is 11.9 Å². The van der Waals surface area contributed by atoms with Crippen molar-refractivity contribution in [2.45, 2.75) is 18.0 Å². The van der Waals surface area contributed by atoms with E-state index in [-0.39, 0.29) is 5.91 Å². The summed E-state index contributed by atoms with van der Waals surface area (Å²) in [5.41, 5.74) is 3.89. The summed E-state index contributed by atoms with van der Waals surface area (Å²) < 4.78 is 6.27. The van der Waals surface area contributed by atoms with Gasteiger partial charge in [-0.2, -0.15) is 0 Å². The molecule has 0 N–H and O–H groups in total. The average molecular weight is 536 g/mol. The van der Waals surface area contributed by atoms with Crippen molar-refractivity contribution in [3.05, 3.63) is 191 Å². The zero-order valence-electron chi connectivity index (χ0n) is 22.4. The van der Waals surface area contributed by atoms with Crippen molar-refractivity contribution in [2.24, 2.45) is 0 Å². The fourth-order valence-corrected chi connectivity index (χ4v) is 5.57. The van der Waals surface area contributed by atoms with Gasteiger partial charge in [-0.1, -0.05) is 127 Å². The van der Waals surface area contributed by atoms with Gasteiger partial charge < -0.3 is 9.64 Å². The van der Waals surface area contributed by atoms with E-state index in [0.29, 0.717) is 16.9 Å². The van der Waals surface area contributed by atoms with Crippen LogP contribution in [0.2, 0.25) is 0 Å². The van der Waals surface area contributed by atoms with Gasteiger partial charge in [-0.3, -0.25) is 4.79 Å². The molecule has 5 aromatic rings. The first-order valence-corrected chi connectivity index (χ1v) is 13.7. The van der Waals surface area contributed by atoms with Crippen LogP contribution in [0.1, 0.15) is 55.4 Å². The Balaban J connectivity index is 1.59. The molecule has 0 bridgehead atoms. The lowest BCUT2D eigenvalue weighted by Gasteiger charge is -2.46. The van der Waals surface area contributed by atoms with Crippen molar-refractivity contribution < 1.29 is 14.3 Å². The molecule has 41 heavy (non-hydrogen) atoms. The number of hydrogen-bond acceptors (Lipinski definition) is 3. The Morgan fingerprint density at radius 3 is 1.49 bits per heavy atom. The Bertz CT molecular complexity index is 1640. The van der Waals surface area contributed by atoms with Crippen molar-refractivity contribution in [2.75, 3.05) is 0 Å². The molecule has 1 aliphatic rings. The van der Waals surface area contributed by atoms with E-state index in [1.165, 1.54) is 0 Å². The van der Waals surface area contributed by atoms with E-state index in [9.17, 15) is 9.59 Å². The lowest BCUT2D eigenvalue weighted by atomic mass is 9.79. The standard InChI is InChI=1S/C37H29NO3/c39-36(30-22-12-4-13-23-30)38-32(27-16-6-1-7-17-27)26-33(41-37(40)31-24-14-5-15-25-31)34(28-18-8-2-9-19-28)35(38)29-20-10-3-11-21-29/h1-26,32,34-35H/t32-,34+,35+/m1/s1. The summed E-state index contributed by atoms with van der Waals surface area (Å²) in [6.45, 7) is 0. The maximum Gasteiger partial charge on any atom is 0.343 e. The Morgan fingerprint density at radius 1 is 0.512 bits per heavy atom. The fourth-order valence-electron chi connectivity index (χ4n) is 5.57. The van der Waals surface area contributed by atoms with Gasteiger partial charge in [0, 0.05) is 5.56 Å². The van der Waals surface area contributed by atoms with Gasteiger partial charge in [-0.25, -0.2) is 4.79 Å². The minimum Gasteiger partial charge on any atom is -0.427 e. The highest BCUT2D eigenvalue weighted by Gasteiger charge is 2.44. The third-order valence-corrected chi connectivity index (χ3v) is 7.46. The van der Waals surface area contributed by atoms with Crippen LogP contribution >= 0.6 is 0 Å². The van der Waals surface area contributed by atoms with Crippen molar-refractivity contribution in [3.63, 3.8) is 0 Å². The molecule has 1 heterocycles. The van der Waals surface area contributed by atoms with Crippen molar-refractivity contribution in [1.82, 2.24) is 4.90 Å². The van der Waals surface area contributed by atoms with E-state index in [1.807, 2.05) is 151 Å². The van der Waals surface area contributed by atoms with Crippen molar-refractivity contribution in [1.29, 1.82) is 0 Å². The molecule has 5 aromatic carbocycles. The molecular formula is C37H29NO3. The Hall–Kier alpha value is -5.22. The van der Waals surface area contributed by atoms with Crippen LogP contribution in [0.5, 0.6) is 0 Å².